The zero-order valence-electron chi connectivity index (χ0n) is 22.0. The number of hydrogen-bond donors (Lipinski definition) is 2. The van der Waals surface area contributed by atoms with Gasteiger partial charge < -0.3 is 29.9 Å². The molecule has 3 aromatic rings. The van der Waals surface area contributed by atoms with E-state index >= 15 is 0 Å². The normalized spacial score (nSPS) is 17.1. The number of anilines is 3. The number of carbonyl (C=O) groups is 2. The van der Waals surface area contributed by atoms with E-state index < -0.39 is 0 Å². The first-order valence-corrected chi connectivity index (χ1v) is 13.6. The minimum Gasteiger partial charge on any atom is -0.495 e. The molecule has 0 aliphatic carbocycles. The van der Waals surface area contributed by atoms with Gasteiger partial charge in [0, 0.05) is 61.3 Å². The molecule has 0 radical (unpaired) electrons. The second kappa shape index (κ2) is 12.4. The van der Waals surface area contributed by atoms with Crippen molar-refractivity contribution < 1.29 is 19.1 Å². The number of hydrogen-bond acceptors (Lipinski definition) is 6. The first-order valence-electron chi connectivity index (χ1n) is 13.3. The fourth-order valence-electron chi connectivity index (χ4n) is 5.06. The molecule has 2 aliphatic heterocycles. The van der Waals surface area contributed by atoms with Crippen molar-refractivity contribution in [3.05, 3.63) is 82.9 Å². The summed E-state index contributed by atoms with van der Waals surface area (Å²) >= 11 is 5.96. The van der Waals surface area contributed by atoms with Crippen LogP contribution in [0.4, 0.5) is 17.1 Å². The number of benzene rings is 3. The number of methoxy groups -OCH3 is 1. The van der Waals surface area contributed by atoms with Gasteiger partial charge in [-0.2, -0.15) is 0 Å². The third-order valence-electron chi connectivity index (χ3n) is 7.17. The summed E-state index contributed by atoms with van der Waals surface area (Å²) in [7, 11) is 1.68. The summed E-state index contributed by atoms with van der Waals surface area (Å²) in [6.45, 7) is 4.23. The van der Waals surface area contributed by atoms with Gasteiger partial charge in [0.1, 0.15) is 5.75 Å². The molecule has 0 spiro atoms. The number of halogens is 1. The van der Waals surface area contributed by atoms with Crippen LogP contribution in [0.25, 0.3) is 0 Å². The highest BCUT2D eigenvalue weighted by Crippen LogP contribution is 2.31. The zero-order valence-corrected chi connectivity index (χ0v) is 22.7. The predicted octanol–water partition coefficient (Wildman–Crippen LogP) is 4.84. The summed E-state index contributed by atoms with van der Waals surface area (Å²) in [5, 5.41) is 6.52. The van der Waals surface area contributed by atoms with Crippen LogP contribution in [0.15, 0.2) is 66.7 Å². The summed E-state index contributed by atoms with van der Waals surface area (Å²) < 4.78 is 11.2. The molecule has 2 heterocycles. The summed E-state index contributed by atoms with van der Waals surface area (Å²) in [6.07, 6.45) is 1.98. The topological polar surface area (TPSA) is 83.1 Å². The van der Waals surface area contributed by atoms with Crippen molar-refractivity contribution in [1.29, 1.82) is 0 Å². The van der Waals surface area contributed by atoms with Gasteiger partial charge in [-0.1, -0.05) is 23.7 Å². The van der Waals surface area contributed by atoms with E-state index in [1.165, 1.54) is 0 Å². The van der Waals surface area contributed by atoms with Gasteiger partial charge in [-0.05, 0) is 67.4 Å². The van der Waals surface area contributed by atoms with E-state index in [0.29, 0.717) is 28.4 Å². The quantitative estimate of drug-likeness (QED) is 0.419. The molecule has 0 saturated carbocycles. The molecular weight excluding hydrogens is 516 g/mol. The van der Waals surface area contributed by atoms with Gasteiger partial charge in [-0.15, -0.1) is 0 Å². The molecule has 1 atom stereocenters. The maximum atomic E-state index is 13.4. The molecule has 2 fully saturated rings. The molecule has 2 amide bonds. The molecule has 204 valence electrons. The maximum absolute atomic E-state index is 13.4. The van der Waals surface area contributed by atoms with E-state index in [1.54, 1.807) is 37.4 Å². The van der Waals surface area contributed by atoms with E-state index in [-0.39, 0.29) is 17.9 Å². The SMILES string of the molecule is COc1ccccc1N1CCN(c2ccc(NC(=O)c3ccc(Cl)cc3)cc2C(=O)NC[C@H]2CCCO2)CC1. The highest BCUT2D eigenvalue weighted by molar-refractivity contribution is 6.30. The van der Waals surface area contributed by atoms with Crippen LogP contribution in [0.1, 0.15) is 33.6 Å². The lowest BCUT2D eigenvalue weighted by atomic mass is 10.1. The van der Waals surface area contributed by atoms with Gasteiger partial charge in [0.2, 0.25) is 0 Å². The first-order chi connectivity index (χ1) is 19.0. The number of piperazine rings is 1. The molecule has 2 aliphatic rings. The van der Waals surface area contributed by atoms with E-state index in [4.69, 9.17) is 21.1 Å². The third-order valence-corrected chi connectivity index (χ3v) is 7.42. The predicted molar refractivity (Wildman–Crippen MR) is 155 cm³/mol. The van der Waals surface area contributed by atoms with Gasteiger partial charge in [-0.3, -0.25) is 9.59 Å². The number of rotatable bonds is 8. The molecule has 2 N–H and O–H groups in total. The van der Waals surface area contributed by atoms with Crippen molar-refractivity contribution in [1.82, 2.24) is 5.32 Å². The van der Waals surface area contributed by atoms with Gasteiger partial charge in [0.05, 0.1) is 24.5 Å². The third kappa shape index (κ3) is 6.46. The van der Waals surface area contributed by atoms with E-state index in [0.717, 1.165) is 62.8 Å². The van der Waals surface area contributed by atoms with E-state index in [1.807, 2.05) is 30.3 Å². The fourth-order valence-corrected chi connectivity index (χ4v) is 5.19. The fraction of sp³-hybridized carbons (Fsp3) is 0.333. The van der Waals surface area contributed by atoms with Crippen molar-refractivity contribution in [3.63, 3.8) is 0 Å². The van der Waals surface area contributed by atoms with Gasteiger partial charge in [-0.25, -0.2) is 0 Å². The molecule has 9 heteroatoms. The van der Waals surface area contributed by atoms with Crippen molar-refractivity contribution in [2.24, 2.45) is 0 Å². The van der Waals surface area contributed by atoms with Crippen molar-refractivity contribution in [2.45, 2.75) is 18.9 Å². The second-order valence-corrected chi connectivity index (χ2v) is 10.1. The minimum absolute atomic E-state index is 0.0367. The Morgan fingerprint density at radius 3 is 2.36 bits per heavy atom. The van der Waals surface area contributed by atoms with Crippen molar-refractivity contribution in [2.75, 3.05) is 61.6 Å². The molecule has 0 aromatic heterocycles. The van der Waals surface area contributed by atoms with E-state index in [9.17, 15) is 9.59 Å². The lowest BCUT2D eigenvalue weighted by molar-refractivity contribution is 0.0858. The van der Waals surface area contributed by atoms with Gasteiger partial charge >= 0.3 is 0 Å². The Labute approximate surface area is 233 Å². The number of nitrogens with one attached hydrogen (secondary N) is 2. The Bertz CT molecular complexity index is 1300. The molecule has 0 bridgehead atoms. The Morgan fingerprint density at radius 1 is 0.949 bits per heavy atom. The zero-order chi connectivity index (χ0) is 27.2. The van der Waals surface area contributed by atoms with Gasteiger partial charge in [0.25, 0.3) is 11.8 Å². The van der Waals surface area contributed by atoms with E-state index in [2.05, 4.69) is 26.5 Å². The Kier molecular flexibility index (Phi) is 8.54. The van der Waals surface area contributed by atoms with Crippen molar-refractivity contribution in [3.8, 4) is 5.75 Å². The average molecular weight is 549 g/mol. The molecular formula is C30H33ClN4O4. The molecule has 3 aromatic carbocycles. The van der Waals surface area contributed by atoms with Crippen molar-refractivity contribution >= 4 is 40.5 Å². The van der Waals surface area contributed by atoms with Crippen LogP contribution < -0.4 is 25.2 Å². The standard InChI is InChI=1S/C30H33ClN4O4/c1-38-28-7-3-2-6-27(28)35-16-14-34(15-17-35)26-13-12-23(33-29(36)21-8-10-22(31)11-9-21)19-25(26)30(37)32-20-24-5-4-18-39-24/h2-3,6-13,19,24H,4-5,14-18,20H2,1H3,(H,32,37)(H,33,36)/t24-/m1/s1. The Balaban J connectivity index is 1.34. The summed E-state index contributed by atoms with van der Waals surface area (Å²) in [5.41, 5.74) is 3.46. The van der Waals surface area contributed by atoms with Crippen LogP contribution in [0.2, 0.25) is 5.02 Å². The monoisotopic (exact) mass is 548 g/mol. The van der Waals surface area contributed by atoms with Crippen LogP contribution in [-0.2, 0) is 4.74 Å². The highest BCUT2D eigenvalue weighted by Gasteiger charge is 2.25. The van der Waals surface area contributed by atoms with Crippen LogP contribution in [0.5, 0.6) is 5.75 Å². The van der Waals surface area contributed by atoms with Gasteiger partial charge in [0.15, 0.2) is 0 Å². The average Bonchev–Trinajstić information content (AvgIpc) is 3.50. The first kappa shape index (κ1) is 26.8. The summed E-state index contributed by atoms with van der Waals surface area (Å²) in [4.78, 5) is 30.8. The molecule has 2 saturated heterocycles. The number of para-hydroxylation sites is 2. The van der Waals surface area contributed by atoms with Crippen LogP contribution >= 0.6 is 11.6 Å². The Morgan fingerprint density at radius 2 is 1.67 bits per heavy atom. The molecule has 8 nitrogen and oxygen atoms in total. The lowest BCUT2D eigenvalue weighted by Crippen LogP contribution is -2.47. The largest absolute Gasteiger partial charge is 0.495 e. The number of ether oxygens (including phenoxy) is 2. The van der Waals surface area contributed by atoms with Crippen LogP contribution in [0.3, 0.4) is 0 Å². The summed E-state index contributed by atoms with van der Waals surface area (Å²) in [6, 6.07) is 20.2. The molecule has 0 unspecified atom stereocenters. The second-order valence-electron chi connectivity index (χ2n) is 9.68. The molecule has 39 heavy (non-hydrogen) atoms. The maximum Gasteiger partial charge on any atom is 0.255 e. The smallest absolute Gasteiger partial charge is 0.255 e. The summed E-state index contributed by atoms with van der Waals surface area (Å²) in [5.74, 6) is 0.395. The highest BCUT2D eigenvalue weighted by atomic mass is 35.5. The number of nitrogens with zero attached hydrogens (tertiary/aromatic N) is 2. The minimum atomic E-state index is -0.268. The lowest BCUT2D eigenvalue weighted by Gasteiger charge is -2.38. The molecule has 5 rings (SSSR count). The Hall–Kier alpha value is -3.75. The van der Waals surface area contributed by atoms with Crippen LogP contribution in [0, 0.1) is 0 Å². The number of carbonyl (C=O) groups excluding carboxylic acids is 2. The van der Waals surface area contributed by atoms with Crippen LogP contribution in [-0.4, -0.2) is 64.4 Å². The number of amides is 2.